The maximum absolute atomic E-state index is 13.3. The van der Waals surface area contributed by atoms with Crippen LogP contribution in [0.1, 0.15) is 36.0 Å². The Labute approximate surface area is 105 Å². The van der Waals surface area contributed by atoms with E-state index in [1.54, 1.807) is 6.07 Å². The van der Waals surface area contributed by atoms with E-state index in [4.69, 9.17) is 10.2 Å². The lowest BCUT2D eigenvalue weighted by atomic mass is 10.1. The van der Waals surface area contributed by atoms with Gasteiger partial charge in [-0.3, -0.25) is 0 Å². The van der Waals surface area contributed by atoms with E-state index in [9.17, 15) is 9.18 Å². The molecule has 0 fully saturated rings. The Balaban J connectivity index is 2.35. The first-order valence-electron chi connectivity index (χ1n) is 6.02. The van der Waals surface area contributed by atoms with Gasteiger partial charge in [0.1, 0.15) is 5.82 Å². The van der Waals surface area contributed by atoms with E-state index in [2.05, 4.69) is 5.32 Å². The molecule has 0 spiro atoms. The fraction of sp³-hybridized carbons (Fsp3) is 0.462. The molecule has 5 heteroatoms. The lowest BCUT2D eigenvalue weighted by molar-refractivity contribution is 0.0692. The summed E-state index contributed by atoms with van der Waals surface area (Å²) in [6, 6.07) is 4.00. The van der Waals surface area contributed by atoms with Gasteiger partial charge in [-0.15, -0.1) is 0 Å². The highest BCUT2D eigenvalue weighted by Crippen LogP contribution is 2.14. The van der Waals surface area contributed by atoms with Crippen LogP contribution >= 0.6 is 0 Å². The van der Waals surface area contributed by atoms with Gasteiger partial charge >= 0.3 is 5.97 Å². The van der Waals surface area contributed by atoms with Gasteiger partial charge in [-0.1, -0.05) is 12.8 Å². The standard InChI is InChI=1S/C13H18FNO3/c14-12-9-10(5-6-11(12)13(17)18)15-7-3-1-2-4-8-16/h5-6,9,15-16H,1-4,7-8H2,(H,17,18). The largest absolute Gasteiger partial charge is 0.478 e. The topological polar surface area (TPSA) is 69.6 Å². The summed E-state index contributed by atoms with van der Waals surface area (Å²) in [5, 5.41) is 20.3. The Bertz CT molecular complexity index is 396. The molecule has 0 saturated carbocycles. The molecule has 1 rings (SSSR count). The Morgan fingerprint density at radius 2 is 1.94 bits per heavy atom. The summed E-state index contributed by atoms with van der Waals surface area (Å²) in [5.41, 5.74) is 0.267. The van der Waals surface area contributed by atoms with Gasteiger partial charge in [-0.2, -0.15) is 0 Å². The van der Waals surface area contributed by atoms with Gasteiger partial charge in [-0.25, -0.2) is 9.18 Å². The van der Waals surface area contributed by atoms with Crippen molar-refractivity contribution in [3.8, 4) is 0 Å². The second kappa shape index (κ2) is 7.66. The van der Waals surface area contributed by atoms with E-state index >= 15 is 0 Å². The van der Waals surface area contributed by atoms with Crippen molar-refractivity contribution in [1.82, 2.24) is 0 Å². The van der Waals surface area contributed by atoms with Gasteiger partial charge in [0.05, 0.1) is 5.56 Å². The highest BCUT2D eigenvalue weighted by Gasteiger charge is 2.09. The first kappa shape index (κ1) is 14.4. The monoisotopic (exact) mass is 255 g/mol. The van der Waals surface area contributed by atoms with Crippen molar-refractivity contribution >= 4 is 11.7 Å². The number of halogens is 1. The van der Waals surface area contributed by atoms with Gasteiger partial charge in [0.15, 0.2) is 0 Å². The number of hydrogen-bond donors (Lipinski definition) is 3. The predicted molar refractivity (Wildman–Crippen MR) is 67.4 cm³/mol. The summed E-state index contributed by atoms with van der Waals surface area (Å²) in [6.07, 6.45) is 3.72. The third-order valence-electron chi connectivity index (χ3n) is 2.61. The molecule has 0 radical (unpaired) electrons. The number of benzene rings is 1. The average Bonchev–Trinajstić information content (AvgIpc) is 2.33. The number of aromatic carboxylic acids is 1. The number of carbonyl (C=O) groups is 1. The van der Waals surface area contributed by atoms with Crippen molar-refractivity contribution in [2.45, 2.75) is 25.7 Å². The second-order valence-electron chi connectivity index (χ2n) is 4.06. The van der Waals surface area contributed by atoms with Crippen LogP contribution < -0.4 is 5.32 Å². The molecule has 1 aromatic rings. The highest BCUT2D eigenvalue weighted by atomic mass is 19.1. The Morgan fingerprint density at radius 3 is 2.56 bits per heavy atom. The molecule has 3 N–H and O–H groups in total. The Morgan fingerprint density at radius 1 is 1.22 bits per heavy atom. The van der Waals surface area contributed by atoms with Crippen LogP contribution in [0.15, 0.2) is 18.2 Å². The molecule has 0 heterocycles. The molecule has 0 bridgehead atoms. The maximum atomic E-state index is 13.3. The number of carboxylic acids is 1. The molecule has 0 amide bonds. The molecule has 0 saturated heterocycles. The SMILES string of the molecule is O=C(O)c1ccc(NCCCCCCO)cc1F. The van der Waals surface area contributed by atoms with Crippen LogP contribution in [-0.2, 0) is 0 Å². The summed E-state index contributed by atoms with van der Waals surface area (Å²) >= 11 is 0. The van der Waals surface area contributed by atoms with Crippen molar-refractivity contribution in [3.63, 3.8) is 0 Å². The molecule has 0 atom stereocenters. The van der Waals surface area contributed by atoms with Crippen molar-refractivity contribution < 1.29 is 19.4 Å². The Hall–Kier alpha value is -1.62. The van der Waals surface area contributed by atoms with Crippen LogP contribution in [0.4, 0.5) is 10.1 Å². The number of rotatable bonds is 8. The minimum absolute atomic E-state index is 0.218. The van der Waals surface area contributed by atoms with Gasteiger partial charge in [0.25, 0.3) is 0 Å². The van der Waals surface area contributed by atoms with Gasteiger partial charge in [0, 0.05) is 18.8 Å². The van der Waals surface area contributed by atoms with Crippen LogP contribution in [0.3, 0.4) is 0 Å². The van der Waals surface area contributed by atoms with Crippen LogP contribution in [0, 0.1) is 5.82 Å². The maximum Gasteiger partial charge on any atom is 0.338 e. The van der Waals surface area contributed by atoms with E-state index in [1.165, 1.54) is 12.1 Å². The van der Waals surface area contributed by atoms with E-state index in [0.29, 0.717) is 12.2 Å². The quantitative estimate of drug-likeness (QED) is 0.624. The third kappa shape index (κ3) is 4.71. The van der Waals surface area contributed by atoms with Crippen molar-refractivity contribution in [2.75, 3.05) is 18.5 Å². The summed E-state index contributed by atoms with van der Waals surface area (Å²) in [6.45, 7) is 0.923. The summed E-state index contributed by atoms with van der Waals surface area (Å²) < 4.78 is 13.3. The molecule has 0 aliphatic rings. The fourth-order valence-corrected chi connectivity index (χ4v) is 1.62. The van der Waals surface area contributed by atoms with Gasteiger partial charge in [-0.05, 0) is 31.0 Å². The number of hydrogen-bond acceptors (Lipinski definition) is 3. The zero-order valence-electron chi connectivity index (χ0n) is 10.2. The Kier molecular flexibility index (Phi) is 6.14. The minimum atomic E-state index is -1.26. The zero-order valence-corrected chi connectivity index (χ0v) is 10.2. The first-order chi connectivity index (χ1) is 8.65. The number of unbranched alkanes of at least 4 members (excludes halogenated alkanes) is 3. The molecule has 1 aromatic carbocycles. The van der Waals surface area contributed by atoms with E-state index in [1.807, 2.05) is 0 Å². The van der Waals surface area contributed by atoms with Gasteiger partial charge < -0.3 is 15.5 Å². The number of aliphatic hydroxyl groups excluding tert-OH is 1. The van der Waals surface area contributed by atoms with E-state index in [-0.39, 0.29) is 12.2 Å². The normalized spacial score (nSPS) is 10.3. The van der Waals surface area contributed by atoms with Crippen LogP contribution in [0.5, 0.6) is 0 Å². The fourth-order valence-electron chi connectivity index (χ4n) is 1.62. The van der Waals surface area contributed by atoms with Crippen molar-refractivity contribution in [3.05, 3.63) is 29.6 Å². The predicted octanol–water partition coefficient (Wildman–Crippen LogP) is 2.49. The third-order valence-corrected chi connectivity index (χ3v) is 2.61. The van der Waals surface area contributed by atoms with Crippen LogP contribution in [-0.4, -0.2) is 29.3 Å². The molecular formula is C13H18FNO3. The lowest BCUT2D eigenvalue weighted by Crippen LogP contribution is -2.05. The number of carboxylic acid groups (broad SMARTS) is 1. The average molecular weight is 255 g/mol. The molecule has 0 aliphatic heterocycles. The lowest BCUT2D eigenvalue weighted by Gasteiger charge is -2.07. The summed E-state index contributed by atoms with van der Waals surface area (Å²) in [7, 11) is 0. The van der Waals surface area contributed by atoms with E-state index < -0.39 is 11.8 Å². The molecule has 4 nitrogen and oxygen atoms in total. The molecule has 18 heavy (non-hydrogen) atoms. The minimum Gasteiger partial charge on any atom is -0.478 e. The molecular weight excluding hydrogens is 237 g/mol. The van der Waals surface area contributed by atoms with Crippen molar-refractivity contribution in [2.24, 2.45) is 0 Å². The second-order valence-corrected chi connectivity index (χ2v) is 4.06. The first-order valence-corrected chi connectivity index (χ1v) is 6.02. The van der Waals surface area contributed by atoms with Crippen LogP contribution in [0.2, 0.25) is 0 Å². The summed E-state index contributed by atoms with van der Waals surface area (Å²) in [4.78, 5) is 10.6. The smallest absolute Gasteiger partial charge is 0.338 e. The molecule has 0 unspecified atom stereocenters. The number of anilines is 1. The highest BCUT2D eigenvalue weighted by molar-refractivity contribution is 5.88. The zero-order chi connectivity index (χ0) is 13.4. The van der Waals surface area contributed by atoms with E-state index in [0.717, 1.165) is 25.7 Å². The summed E-state index contributed by atoms with van der Waals surface area (Å²) in [5.74, 6) is -1.99. The van der Waals surface area contributed by atoms with Crippen molar-refractivity contribution in [1.29, 1.82) is 0 Å². The molecule has 0 aromatic heterocycles. The van der Waals surface area contributed by atoms with Gasteiger partial charge in [0.2, 0.25) is 0 Å². The molecule has 100 valence electrons. The van der Waals surface area contributed by atoms with Crippen LogP contribution in [0.25, 0.3) is 0 Å². The number of aliphatic hydroxyl groups is 1. The number of nitrogens with one attached hydrogen (secondary N) is 1. The molecule has 0 aliphatic carbocycles.